The Hall–Kier alpha value is -3.22. The average molecular weight is 340 g/mol. The van der Waals surface area contributed by atoms with E-state index in [9.17, 15) is 13.2 Å². The van der Waals surface area contributed by atoms with Crippen molar-refractivity contribution in [2.45, 2.75) is 6.18 Å². The topological polar surface area (TPSA) is 43.1 Å². The first-order valence-corrected chi connectivity index (χ1v) is 7.46. The highest BCUT2D eigenvalue weighted by Crippen LogP contribution is 2.33. The second kappa shape index (κ2) is 5.70. The third kappa shape index (κ3) is 2.84. The smallest absolute Gasteiger partial charge is 0.264 e. The van der Waals surface area contributed by atoms with E-state index in [4.69, 9.17) is 0 Å². The van der Waals surface area contributed by atoms with Crippen LogP contribution in [-0.4, -0.2) is 19.6 Å². The van der Waals surface area contributed by atoms with Gasteiger partial charge in [-0.2, -0.15) is 18.3 Å². The molecular weight excluding hydrogens is 329 g/mol. The number of hydrogen-bond donors (Lipinski definition) is 0. The fourth-order valence-corrected chi connectivity index (χ4v) is 2.59. The van der Waals surface area contributed by atoms with E-state index in [1.165, 1.54) is 6.07 Å². The number of pyridine rings is 1. The number of nitrogens with zero attached hydrogens (tertiary/aromatic N) is 4. The number of fused-ring (bicyclic) bond motifs is 1. The van der Waals surface area contributed by atoms with Gasteiger partial charge in [0.15, 0.2) is 11.3 Å². The van der Waals surface area contributed by atoms with Crippen molar-refractivity contribution >= 4 is 5.65 Å². The average Bonchev–Trinajstić information content (AvgIpc) is 3.05. The second-order valence-corrected chi connectivity index (χ2v) is 5.43. The molecule has 0 aliphatic carbocycles. The summed E-state index contributed by atoms with van der Waals surface area (Å²) in [5.41, 5.74) is 1.13. The molecule has 0 spiro atoms. The molecule has 0 saturated heterocycles. The van der Waals surface area contributed by atoms with Crippen LogP contribution in [0, 0.1) is 0 Å². The third-order valence-electron chi connectivity index (χ3n) is 3.74. The zero-order chi connectivity index (χ0) is 17.4. The molecule has 25 heavy (non-hydrogen) atoms. The van der Waals surface area contributed by atoms with Gasteiger partial charge in [-0.1, -0.05) is 30.3 Å². The molecule has 7 heteroatoms. The Bertz CT molecular complexity index is 1020. The highest BCUT2D eigenvalue weighted by molar-refractivity contribution is 5.67. The number of halogens is 3. The van der Waals surface area contributed by atoms with Crippen LogP contribution in [0.2, 0.25) is 0 Å². The molecule has 0 unspecified atom stereocenters. The summed E-state index contributed by atoms with van der Waals surface area (Å²) in [4.78, 5) is 8.32. The molecule has 0 aliphatic rings. The number of aromatic nitrogens is 4. The minimum atomic E-state index is -4.55. The predicted octanol–water partition coefficient (Wildman–Crippen LogP) is 4.48. The molecule has 4 nitrogen and oxygen atoms in total. The van der Waals surface area contributed by atoms with Crippen molar-refractivity contribution in [3.05, 3.63) is 72.7 Å². The standard InChI is InChI=1S/C18H11F3N4/c19-18(20,21)16-9-14(12-5-2-1-3-6-12)23-17-10-15(24-25(16)17)13-7-4-8-22-11-13/h1-11H. The molecule has 3 aromatic heterocycles. The Morgan fingerprint density at radius 2 is 1.60 bits per heavy atom. The maximum Gasteiger partial charge on any atom is 0.433 e. The normalized spacial score (nSPS) is 11.8. The molecule has 3 heterocycles. The quantitative estimate of drug-likeness (QED) is 0.540. The van der Waals surface area contributed by atoms with Crippen LogP contribution < -0.4 is 0 Å². The van der Waals surface area contributed by atoms with Crippen LogP contribution in [-0.2, 0) is 6.18 Å². The van der Waals surface area contributed by atoms with E-state index in [-0.39, 0.29) is 11.3 Å². The first-order chi connectivity index (χ1) is 12.0. The molecule has 0 atom stereocenters. The van der Waals surface area contributed by atoms with Gasteiger partial charge in [-0.3, -0.25) is 4.98 Å². The molecule has 0 aliphatic heterocycles. The van der Waals surface area contributed by atoms with Crippen LogP contribution in [0.4, 0.5) is 13.2 Å². The predicted molar refractivity (Wildman–Crippen MR) is 86.7 cm³/mol. The Morgan fingerprint density at radius 3 is 2.28 bits per heavy atom. The van der Waals surface area contributed by atoms with Gasteiger partial charge in [-0.15, -0.1) is 0 Å². The number of alkyl halides is 3. The van der Waals surface area contributed by atoms with Gasteiger partial charge in [0.05, 0.1) is 11.4 Å². The zero-order valence-corrected chi connectivity index (χ0v) is 12.8. The lowest BCUT2D eigenvalue weighted by atomic mass is 10.1. The van der Waals surface area contributed by atoms with Gasteiger partial charge in [0.2, 0.25) is 0 Å². The first-order valence-electron chi connectivity index (χ1n) is 7.46. The van der Waals surface area contributed by atoms with Gasteiger partial charge in [-0.05, 0) is 18.2 Å². The Morgan fingerprint density at radius 1 is 0.840 bits per heavy atom. The summed E-state index contributed by atoms with van der Waals surface area (Å²) in [7, 11) is 0. The summed E-state index contributed by atoms with van der Waals surface area (Å²) in [6, 6.07) is 14.7. The lowest BCUT2D eigenvalue weighted by molar-refractivity contribution is -0.142. The monoisotopic (exact) mass is 340 g/mol. The lowest BCUT2D eigenvalue weighted by Crippen LogP contribution is -2.13. The SMILES string of the molecule is FC(F)(F)c1cc(-c2ccccc2)nc2cc(-c3cccnc3)nn12. The van der Waals surface area contributed by atoms with Crippen molar-refractivity contribution in [1.29, 1.82) is 0 Å². The largest absolute Gasteiger partial charge is 0.433 e. The maximum absolute atomic E-state index is 13.5. The van der Waals surface area contributed by atoms with E-state index in [0.29, 0.717) is 16.8 Å². The molecular formula is C18H11F3N4. The van der Waals surface area contributed by atoms with Gasteiger partial charge >= 0.3 is 6.18 Å². The zero-order valence-electron chi connectivity index (χ0n) is 12.8. The van der Waals surface area contributed by atoms with Crippen LogP contribution in [0.5, 0.6) is 0 Å². The summed E-state index contributed by atoms with van der Waals surface area (Å²) in [6.45, 7) is 0. The van der Waals surface area contributed by atoms with E-state index >= 15 is 0 Å². The van der Waals surface area contributed by atoms with E-state index in [0.717, 1.165) is 10.6 Å². The van der Waals surface area contributed by atoms with E-state index in [2.05, 4.69) is 15.1 Å². The van der Waals surface area contributed by atoms with Gasteiger partial charge < -0.3 is 0 Å². The van der Waals surface area contributed by atoms with E-state index in [1.807, 2.05) is 0 Å². The number of benzene rings is 1. The molecule has 0 bridgehead atoms. The minimum Gasteiger partial charge on any atom is -0.264 e. The summed E-state index contributed by atoms with van der Waals surface area (Å²) in [6.07, 6.45) is -1.41. The van der Waals surface area contributed by atoms with Crippen molar-refractivity contribution in [3.8, 4) is 22.5 Å². The van der Waals surface area contributed by atoms with Crippen LogP contribution in [0.3, 0.4) is 0 Å². The molecule has 0 N–H and O–H groups in total. The molecule has 0 saturated carbocycles. The number of rotatable bonds is 2. The van der Waals surface area contributed by atoms with Crippen LogP contribution >= 0.6 is 0 Å². The highest BCUT2D eigenvalue weighted by Gasteiger charge is 2.35. The molecule has 1 aromatic carbocycles. The minimum absolute atomic E-state index is 0.132. The summed E-state index contributed by atoms with van der Waals surface area (Å²) < 4.78 is 41.4. The van der Waals surface area contributed by atoms with Crippen molar-refractivity contribution in [3.63, 3.8) is 0 Å². The molecule has 0 radical (unpaired) electrons. The van der Waals surface area contributed by atoms with Gasteiger partial charge in [-0.25, -0.2) is 9.50 Å². The fraction of sp³-hybridized carbons (Fsp3) is 0.0556. The van der Waals surface area contributed by atoms with E-state index < -0.39 is 11.9 Å². The third-order valence-corrected chi connectivity index (χ3v) is 3.74. The van der Waals surface area contributed by atoms with Crippen LogP contribution in [0.25, 0.3) is 28.2 Å². The van der Waals surface area contributed by atoms with E-state index in [1.54, 1.807) is 54.9 Å². The highest BCUT2D eigenvalue weighted by atomic mass is 19.4. The Balaban J connectivity index is 1.97. The van der Waals surface area contributed by atoms with Crippen LogP contribution in [0.1, 0.15) is 5.69 Å². The molecule has 124 valence electrons. The molecule has 0 fully saturated rings. The summed E-state index contributed by atoms with van der Waals surface area (Å²) in [5, 5.41) is 4.08. The van der Waals surface area contributed by atoms with Crippen molar-refractivity contribution in [2.24, 2.45) is 0 Å². The van der Waals surface area contributed by atoms with Crippen molar-refractivity contribution in [1.82, 2.24) is 19.6 Å². The molecule has 4 rings (SSSR count). The summed E-state index contributed by atoms with van der Waals surface area (Å²) in [5.74, 6) is 0. The van der Waals surface area contributed by atoms with Gasteiger partial charge in [0.25, 0.3) is 0 Å². The number of hydrogen-bond acceptors (Lipinski definition) is 3. The van der Waals surface area contributed by atoms with Crippen molar-refractivity contribution in [2.75, 3.05) is 0 Å². The van der Waals surface area contributed by atoms with Crippen molar-refractivity contribution < 1.29 is 13.2 Å². The maximum atomic E-state index is 13.5. The van der Waals surface area contributed by atoms with Gasteiger partial charge in [0.1, 0.15) is 0 Å². The lowest BCUT2D eigenvalue weighted by Gasteiger charge is -2.10. The summed E-state index contributed by atoms with van der Waals surface area (Å²) >= 11 is 0. The molecule has 0 amide bonds. The van der Waals surface area contributed by atoms with Gasteiger partial charge in [0, 0.05) is 29.6 Å². The Labute approximate surface area is 140 Å². The van der Waals surface area contributed by atoms with Crippen LogP contribution in [0.15, 0.2) is 67.0 Å². The molecule has 4 aromatic rings. The Kier molecular flexibility index (Phi) is 3.49. The fourth-order valence-electron chi connectivity index (χ4n) is 2.59. The second-order valence-electron chi connectivity index (χ2n) is 5.43. The first kappa shape index (κ1) is 15.3.